The van der Waals surface area contributed by atoms with E-state index in [0.29, 0.717) is 11.1 Å². The van der Waals surface area contributed by atoms with Crippen molar-refractivity contribution in [2.24, 2.45) is 0 Å². The van der Waals surface area contributed by atoms with Crippen LogP contribution in [0.1, 0.15) is 58.3 Å². The maximum Gasteiger partial charge on any atom is 0.0794 e. The van der Waals surface area contributed by atoms with E-state index in [2.05, 4.69) is 42.9 Å². The monoisotopic (exact) mass is 295 g/mol. The Kier molecular flexibility index (Phi) is 5.21. The van der Waals surface area contributed by atoms with Gasteiger partial charge in [0.2, 0.25) is 0 Å². The second-order valence-electron chi connectivity index (χ2n) is 6.10. The lowest BCUT2D eigenvalue weighted by molar-refractivity contribution is -0.0104. The lowest BCUT2D eigenvalue weighted by Crippen LogP contribution is -2.69. The molecule has 1 aliphatic heterocycles. The predicted molar refractivity (Wildman–Crippen MR) is 87.2 cm³/mol. The van der Waals surface area contributed by atoms with Crippen LogP contribution < -0.4 is 5.32 Å². The van der Waals surface area contributed by atoms with Crippen LogP contribution in [-0.4, -0.2) is 34.1 Å². The van der Waals surface area contributed by atoms with Gasteiger partial charge in [0.05, 0.1) is 5.51 Å². The van der Waals surface area contributed by atoms with Crippen LogP contribution in [-0.2, 0) is 6.54 Å². The van der Waals surface area contributed by atoms with Gasteiger partial charge in [-0.15, -0.1) is 11.3 Å². The molecule has 1 aromatic rings. The number of hydrogen-bond acceptors (Lipinski definition) is 4. The molecule has 3 nitrogen and oxygen atoms in total. The summed E-state index contributed by atoms with van der Waals surface area (Å²) >= 11 is 1.78. The summed E-state index contributed by atoms with van der Waals surface area (Å²) in [6.07, 6.45) is 6.85. The van der Waals surface area contributed by atoms with E-state index in [1.54, 1.807) is 11.3 Å². The zero-order chi connectivity index (χ0) is 14.6. The third-order valence-corrected chi connectivity index (χ3v) is 6.22. The molecule has 1 saturated heterocycles. The SMILES string of the molecule is CCC1(CC)CN(Cc2cncs2)C(CC)(CC)CN1. The van der Waals surface area contributed by atoms with Crippen molar-refractivity contribution in [3.63, 3.8) is 0 Å². The fourth-order valence-corrected chi connectivity index (χ4v) is 4.06. The van der Waals surface area contributed by atoms with Gasteiger partial charge in [0, 0.05) is 41.8 Å². The highest BCUT2D eigenvalue weighted by atomic mass is 32.1. The number of hydrogen-bond donors (Lipinski definition) is 1. The van der Waals surface area contributed by atoms with Gasteiger partial charge in [-0.05, 0) is 25.7 Å². The largest absolute Gasteiger partial charge is 0.308 e. The van der Waals surface area contributed by atoms with E-state index in [0.717, 1.165) is 19.6 Å². The van der Waals surface area contributed by atoms with E-state index in [1.807, 2.05) is 11.7 Å². The summed E-state index contributed by atoms with van der Waals surface area (Å²) in [6.45, 7) is 12.6. The lowest BCUT2D eigenvalue weighted by Gasteiger charge is -2.54. The van der Waals surface area contributed by atoms with E-state index in [4.69, 9.17) is 0 Å². The Morgan fingerprint density at radius 1 is 1.20 bits per heavy atom. The van der Waals surface area contributed by atoms with Crippen molar-refractivity contribution in [3.05, 3.63) is 16.6 Å². The van der Waals surface area contributed by atoms with Crippen LogP contribution in [0.5, 0.6) is 0 Å². The predicted octanol–water partition coefficient (Wildman–Crippen LogP) is 3.67. The highest BCUT2D eigenvalue weighted by Crippen LogP contribution is 2.34. The van der Waals surface area contributed by atoms with Crippen LogP contribution in [0.15, 0.2) is 11.7 Å². The Hall–Kier alpha value is -0.450. The fourth-order valence-electron chi connectivity index (χ4n) is 3.46. The average molecular weight is 295 g/mol. The first kappa shape index (κ1) is 15.9. The Balaban J connectivity index is 2.22. The molecule has 1 N–H and O–H groups in total. The Bertz CT molecular complexity index is 394. The summed E-state index contributed by atoms with van der Waals surface area (Å²) in [5.41, 5.74) is 2.54. The van der Waals surface area contributed by atoms with Crippen molar-refractivity contribution in [1.82, 2.24) is 15.2 Å². The molecule has 0 radical (unpaired) electrons. The Morgan fingerprint density at radius 3 is 2.40 bits per heavy atom. The molecular weight excluding hydrogens is 266 g/mol. The number of nitrogens with zero attached hydrogens (tertiary/aromatic N) is 2. The van der Waals surface area contributed by atoms with Crippen molar-refractivity contribution < 1.29 is 0 Å². The molecule has 0 saturated carbocycles. The quantitative estimate of drug-likeness (QED) is 0.868. The molecule has 20 heavy (non-hydrogen) atoms. The first-order chi connectivity index (χ1) is 9.63. The summed E-state index contributed by atoms with van der Waals surface area (Å²) in [7, 11) is 0. The smallest absolute Gasteiger partial charge is 0.0794 e. The number of piperazine rings is 1. The Morgan fingerprint density at radius 2 is 1.90 bits per heavy atom. The molecule has 0 atom stereocenters. The molecule has 0 spiro atoms. The molecular formula is C16H29N3S. The number of thiazole rings is 1. The number of nitrogens with one attached hydrogen (secondary N) is 1. The highest BCUT2D eigenvalue weighted by molar-refractivity contribution is 7.09. The molecule has 0 unspecified atom stereocenters. The van der Waals surface area contributed by atoms with Crippen molar-refractivity contribution in [3.8, 4) is 0 Å². The van der Waals surface area contributed by atoms with Gasteiger partial charge < -0.3 is 5.32 Å². The van der Waals surface area contributed by atoms with Crippen LogP contribution in [0.4, 0.5) is 0 Å². The number of aromatic nitrogens is 1. The lowest BCUT2D eigenvalue weighted by atomic mass is 9.80. The second kappa shape index (κ2) is 6.54. The van der Waals surface area contributed by atoms with Crippen molar-refractivity contribution >= 4 is 11.3 Å². The van der Waals surface area contributed by atoms with Crippen LogP contribution in [0.3, 0.4) is 0 Å². The molecule has 0 aliphatic carbocycles. The van der Waals surface area contributed by atoms with E-state index in [9.17, 15) is 0 Å². The van der Waals surface area contributed by atoms with Crippen LogP contribution in [0.2, 0.25) is 0 Å². The third-order valence-electron chi connectivity index (χ3n) is 5.46. The van der Waals surface area contributed by atoms with E-state index in [-0.39, 0.29) is 0 Å². The normalized spacial score (nSPS) is 22.0. The van der Waals surface area contributed by atoms with Crippen molar-refractivity contribution in [1.29, 1.82) is 0 Å². The average Bonchev–Trinajstić information content (AvgIpc) is 3.00. The summed E-state index contributed by atoms with van der Waals surface area (Å²) in [5.74, 6) is 0. The summed E-state index contributed by atoms with van der Waals surface area (Å²) in [4.78, 5) is 8.35. The molecule has 1 fully saturated rings. The zero-order valence-corrected chi connectivity index (χ0v) is 14.2. The molecule has 1 aromatic heterocycles. The first-order valence-electron chi connectivity index (χ1n) is 8.01. The van der Waals surface area contributed by atoms with Gasteiger partial charge in [-0.2, -0.15) is 0 Å². The third kappa shape index (κ3) is 2.92. The maximum absolute atomic E-state index is 4.24. The van der Waals surface area contributed by atoms with E-state index < -0.39 is 0 Å². The molecule has 0 amide bonds. The van der Waals surface area contributed by atoms with Gasteiger partial charge in [-0.25, -0.2) is 0 Å². The standard InChI is InChI=1S/C16H29N3S/c1-5-15(6-2)12-19(10-14-9-17-13-20-14)16(7-3,8-4)11-18-15/h9,13,18H,5-8,10-12H2,1-4H3. The molecule has 1 aliphatic rings. The molecule has 114 valence electrons. The molecule has 4 heteroatoms. The first-order valence-corrected chi connectivity index (χ1v) is 8.89. The van der Waals surface area contributed by atoms with Gasteiger partial charge in [-0.3, -0.25) is 9.88 Å². The van der Waals surface area contributed by atoms with Crippen LogP contribution in [0, 0.1) is 0 Å². The summed E-state index contributed by atoms with van der Waals surface area (Å²) < 4.78 is 0. The van der Waals surface area contributed by atoms with Crippen LogP contribution >= 0.6 is 11.3 Å². The minimum atomic E-state index is 0.290. The van der Waals surface area contributed by atoms with E-state index >= 15 is 0 Å². The minimum Gasteiger partial charge on any atom is -0.308 e. The zero-order valence-electron chi connectivity index (χ0n) is 13.4. The van der Waals surface area contributed by atoms with Gasteiger partial charge >= 0.3 is 0 Å². The maximum atomic E-state index is 4.24. The van der Waals surface area contributed by atoms with E-state index in [1.165, 1.54) is 30.6 Å². The van der Waals surface area contributed by atoms with Crippen molar-refractivity contribution in [2.45, 2.75) is 71.0 Å². The fraction of sp³-hybridized carbons (Fsp3) is 0.812. The van der Waals surface area contributed by atoms with Crippen LogP contribution in [0.25, 0.3) is 0 Å². The molecule has 2 heterocycles. The van der Waals surface area contributed by atoms with Crippen molar-refractivity contribution in [2.75, 3.05) is 13.1 Å². The van der Waals surface area contributed by atoms with Gasteiger partial charge in [0.25, 0.3) is 0 Å². The van der Waals surface area contributed by atoms with Gasteiger partial charge in [-0.1, -0.05) is 27.7 Å². The molecule has 2 rings (SSSR count). The van der Waals surface area contributed by atoms with Gasteiger partial charge in [0.15, 0.2) is 0 Å². The summed E-state index contributed by atoms with van der Waals surface area (Å²) in [5, 5.41) is 3.88. The number of rotatable bonds is 6. The summed E-state index contributed by atoms with van der Waals surface area (Å²) in [6, 6.07) is 0. The second-order valence-corrected chi connectivity index (χ2v) is 7.07. The van der Waals surface area contributed by atoms with Gasteiger partial charge in [0.1, 0.15) is 0 Å². The highest BCUT2D eigenvalue weighted by Gasteiger charge is 2.44. The Labute approximate surface area is 127 Å². The molecule has 0 bridgehead atoms. The minimum absolute atomic E-state index is 0.290. The molecule has 0 aromatic carbocycles. The topological polar surface area (TPSA) is 28.2 Å².